The zero-order valence-electron chi connectivity index (χ0n) is 15.2. The molecule has 26 heavy (non-hydrogen) atoms. The quantitative estimate of drug-likeness (QED) is 0.774. The average Bonchev–Trinajstić information content (AvgIpc) is 2.61. The number of carbonyl (C=O) groups is 1. The van der Waals surface area contributed by atoms with Crippen molar-refractivity contribution in [1.29, 1.82) is 0 Å². The minimum Gasteiger partial charge on any atom is -0.344 e. The van der Waals surface area contributed by atoms with Gasteiger partial charge in [0.05, 0.1) is 0 Å². The number of para-hydroxylation sites is 1. The second-order valence-electron chi connectivity index (χ2n) is 6.45. The predicted molar refractivity (Wildman–Crippen MR) is 105 cm³/mol. The minimum atomic E-state index is -0.372. The van der Waals surface area contributed by atoms with Crippen molar-refractivity contribution in [3.63, 3.8) is 0 Å². The van der Waals surface area contributed by atoms with Gasteiger partial charge in [-0.25, -0.2) is 0 Å². The van der Waals surface area contributed by atoms with Crippen molar-refractivity contribution >= 4 is 11.6 Å². The van der Waals surface area contributed by atoms with Crippen LogP contribution in [0.1, 0.15) is 32.9 Å². The molecule has 2 aromatic carbocycles. The number of amides is 1. The van der Waals surface area contributed by atoms with Crippen LogP contribution in [0.25, 0.3) is 0 Å². The first-order valence-electron chi connectivity index (χ1n) is 8.59. The van der Waals surface area contributed by atoms with E-state index in [9.17, 15) is 9.59 Å². The Morgan fingerprint density at radius 2 is 1.62 bits per heavy atom. The van der Waals surface area contributed by atoms with Crippen molar-refractivity contribution in [3.05, 3.63) is 99.0 Å². The number of nitrogens with one attached hydrogen (secondary N) is 1. The number of nitrogens with zero attached hydrogens (tertiary/aromatic N) is 1. The molecule has 4 nitrogen and oxygen atoms in total. The van der Waals surface area contributed by atoms with Crippen LogP contribution in [0.2, 0.25) is 0 Å². The van der Waals surface area contributed by atoms with Crippen LogP contribution in [0.4, 0.5) is 5.69 Å². The normalized spacial score (nSPS) is 10.6. The number of benzene rings is 2. The Morgan fingerprint density at radius 1 is 0.962 bits per heavy atom. The zero-order valence-corrected chi connectivity index (χ0v) is 15.2. The lowest BCUT2D eigenvalue weighted by atomic mass is 10.1. The molecule has 1 amide bonds. The summed E-state index contributed by atoms with van der Waals surface area (Å²) >= 11 is 0. The SMILES string of the molecule is Cc1ccccc1NC(=O)c1c(C)n(Cc2ccccc2)c(C)cc1=O. The first-order chi connectivity index (χ1) is 12.5. The lowest BCUT2D eigenvalue weighted by Gasteiger charge is -2.18. The van der Waals surface area contributed by atoms with E-state index in [-0.39, 0.29) is 16.9 Å². The molecule has 0 saturated heterocycles. The van der Waals surface area contributed by atoms with Gasteiger partial charge in [0.1, 0.15) is 5.56 Å². The molecule has 0 fully saturated rings. The molecule has 0 aliphatic rings. The highest BCUT2D eigenvalue weighted by molar-refractivity contribution is 6.05. The number of aryl methyl sites for hydroxylation is 2. The number of carbonyl (C=O) groups excluding carboxylic acids is 1. The van der Waals surface area contributed by atoms with Crippen LogP contribution in [0.15, 0.2) is 65.5 Å². The lowest BCUT2D eigenvalue weighted by molar-refractivity contribution is 0.102. The van der Waals surface area contributed by atoms with E-state index in [4.69, 9.17) is 0 Å². The van der Waals surface area contributed by atoms with Crippen molar-refractivity contribution < 1.29 is 4.79 Å². The number of pyridine rings is 1. The van der Waals surface area contributed by atoms with E-state index >= 15 is 0 Å². The van der Waals surface area contributed by atoms with Crippen LogP contribution in [0.5, 0.6) is 0 Å². The summed E-state index contributed by atoms with van der Waals surface area (Å²) in [5, 5.41) is 2.87. The molecule has 0 aliphatic heterocycles. The molecule has 1 aromatic heterocycles. The Labute approximate surface area is 153 Å². The highest BCUT2D eigenvalue weighted by atomic mass is 16.2. The summed E-state index contributed by atoms with van der Waals surface area (Å²) in [7, 11) is 0. The molecule has 0 radical (unpaired) electrons. The summed E-state index contributed by atoms with van der Waals surface area (Å²) in [6.45, 7) is 6.25. The molecule has 0 bridgehead atoms. The van der Waals surface area contributed by atoms with Gasteiger partial charge in [0.2, 0.25) is 0 Å². The van der Waals surface area contributed by atoms with Gasteiger partial charge in [-0.15, -0.1) is 0 Å². The molecule has 3 aromatic rings. The number of aromatic nitrogens is 1. The van der Waals surface area contributed by atoms with Gasteiger partial charge in [-0.05, 0) is 38.0 Å². The maximum Gasteiger partial charge on any atom is 0.261 e. The Morgan fingerprint density at radius 3 is 2.31 bits per heavy atom. The van der Waals surface area contributed by atoms with E-state index in [1.807, 2.05) is 79.9 Å². The second kappa shape index (κ2) is 7.40. The number of rotatable bonds is 4. The number of hydrogen-bond donors (Lipinski definition) is 1. The lowest BCUT2D eigenvalue weighted by Crippen LogP contribution is -2.27. The summed E-state index contributed by atoms with van der Waals surface area (Å²) in [5.74, 6) is -0.372. The van der Waals surface area contributed by atoms with Crippen LogP contribution in [-0.4, -0.2) is 10.5 Å². The van der Waals surface area contributed by atoms with Crippen molar-refractivity contribution in [2.45, 2.75) is 27.3 Å². The topological polar surface area (TPSA) is 51.1 Å². The van der Waals surface area contributed by atoms with Gasteiger partial charge < -0.3 is 9.88 Å². The second-order valence-corrected chi connectivity index (χ2v) is 6.45. The predicted octanol–water partition coefficient (Wildman–Crippen LogP) is 4.07. The Kier molecular flexibility index (Phi) is 5.03. The van der Waals surface area contributed by atoms with Gasteiger partial charge in [0, 0.05) is 29.7 Å². The van der Waals surface area contributed by atoms with E-state index in [1.165, 1.54) is 6.07 Å². The van der Waals surface area contributed by atoms with E-state index in [0.29, 0.717) is 17.9 Å². The fraction of sp³-hybridized carbons (Fsp3) is 0.182. The van der Waals surface area contributed by atoms with E-state index in [2.05, 4.69) is 5.32 Å². The van der Waals surface area contributed by atoms with E-state index in [0.717, 1.165) is 16.8 Å². The molecule has 132 valence electrons. The molecule has 0 spiro atoms. The summed E-state index contributed by atoms with van der Waals surface area (Å²) in [4.78, 5) is 25.3. The third-order valence-electron chi connectivity index (χ3n) is 4.58. The molecule has 0 unspecified atom stereocenters. The van der Waals surface area contributed by atoms with Crippen LogP contribution >= 0.6 is 0 Å². The average molecular weight is 346 g/mol. The summed E-state index contributed by atoms with van der Waals surface area (Å²) in [6.07, 6.45) is 0. The fourth-order valence-corrected chi connectivity index (χ4v) is 3.10. The van der Waals surface area contributed by atoms with Crippen LogP contribution in [0, 0.1) is 20.8 Å². The molecule has 0 atom stereocenters. The Balaban J connectivity index is 1.99. The van der Waals surface area contributed by atoms with E-state index in [1.54, 1.807) is 0 Å². The number of anilines is 1. The standard InChI is InChI=1S/C22H22N2O2/c1-15-9-7-8-12-19(15)23-22(26)21-17(3)24(16(2)13-20(21)25)14-18-10-5-4-6-11-18/h4-13H,14H2,1-3H3,(H,23,26). The van der Waals surface area contributed by atoms with Gasteiger partial charge in [-0.1, -0.05) is 48.5 Å². The molecule has 0 saturated carbocycles. The first-order valence-corrected chi connectivity index (χ1v) is 8.59. The monoisotopic (exact) mass is 346 g/mol. The highest BCUT2D eigenvalue weighted by Gasteiger charge is 2.18. The van der Waals surface area contributed by atoms with Crippen molar-refractivity contribution in [2.75, 3.05) is 5.32 Å². The molecular formula is C22H22N2O2. The maximum atomic E-state index is 12.8. The van der Waals surface area contributed by atoms with Gasteiger partial charge in [0.15, 0.2) is 5.43 Å². The van der Waals surface area contributed by atoms with Crippen molar-refractivity contribution in [1.82, 2.24) is 4.57 Å². The third kappa shape index (κ3) is 3.59. The summed E-state index contributed by atoms with van der Waals surface area (Å²) in [5.41, 5.74) is 4.23. The van der Waals surface area contributed by atoms with Gasteiger partial charge >= 0.3 is 0 Å². The zero-order chi connectivity index (χ0) is 18.7. The number of hydrogen-bond acceptors (Lipinski definition) is 2. The van der Waals surface area contributed by atoms with Gasteiger partial charge in [-0.2, -0.15) is 0 Å². The minimum absolute atomic E-state index is 0.190. The molecular weight excluding hydrogens is 324 g/mol. The van der Waals surface area contributed by atoms with Crippen molar-refractivity contribution in [2.24, 2.45) is 0 Å². The molecule has 3 rings (SSSR count). The molecule has 1 N–H and O–H groups in total. The van der Waals surface area contributed by atoms with Crippen LogP contribution in [-0.2, 0) is 6.54 Å². The van der Waals surface area contributed by atoms with Gasteiger partial charge in [-0.3, -0.25) is 9.59 Å². The Bertz CT molecular complexity index is 1000. The van der Waals surface area contributed by atoms with Crippen LogP contribution < -0.4 is 10.7 Å². The maximum absolute atomic E-state index is 12.8. The highest BCUT2D eigenvalue weighted by Crippen LogP contribution is 2.16. The molecule has 4 heteroatoms. The van der Waals surface area contributed by atoms with E-state index < -0.39 is 0 Å². The fourth-order valence-electron chi connectivity index (χ4n) is 3.10. The summed E-state index contributed by atoms with van der Waals surface area (Å²) in [6, 6.07) is 19.0. The van der Waals surface area contributed by atoms with Crippen LogP contribution in [0.3, 0.4) is 0 Å². The molecule has 1 heterocycles. The summed E-state index contributed by atoms with van der Waals surface area (Å²) < 4.78 is 2.00. The van der Waals surface area contributed by atoms with Crippen molar-refractivity contribution in [3.8, 4) is 0 Å². The smallest absolute Gasteiger partial charge is 0.261 e. The third-order valence-corrected chi connectivity index (χ3v) is 4.58. The Hall–Kier alpha value is -3.14. The first kappa shape index (κ1) is 17.7. The largest absolute Gasteiger partial charge is 0.344 e. The molecule has 0 aliphatic carbocycles. The van der Waals surface area contributed by atoms with Gasteiger partial charge in [0.25, 0.3) is 5.91 Å².